The summed E-state index contributed by atoms with van der Waals surface area (Å²) in [5, 5.41) is -0.0862. The average molecular weight is 226 g/mol. The van der Waals surface area contributed by atoms with Crippen LogP contribution in [0.25, 0.3) is 0 Å². The number of halogens is 1. The van der Waals surface area contributed by atoms with Crippen LogP contribution in [0.3, 0.4) is 0 Å². The molecule has 0 aliphatic rings. The van der Waals surface area contributed by atoms with Crippen LogP contribution in [0.4, 0.5) is 4.79 Å². The van der Waals surface area contributed by atoms with E-state index in [1.54, 1.807) is 0 Å². The minimum absolute atomic E-state index is 0. The van der Waals surface area contributed by atoms with E-state index in [1.807, 2.05) is 4.90 Å². The lowest BCUT2D eigenvalue weighted by Gasteiger charge is -2.19. The molecule has 13 heavy (non-hydrogen) atoms. The highest BCUT2D eigenvalue weighted by Crippen LogP contribution is 2.02. The Morgan fingerprint density at radius 1 is 1.15 bits per heavy atom. The number of nitrogens with zero attached hydrogens (tertiary/aromatic N) is 1. The van der Waals surface area contributed by atoms with E-state index in [2.05, 4.69) is 26.5 Å². The van der Waals surface area contributed by atoms with Gasteiger partial charge in [0.1, 0.15) is 0 Å². The number of hydrogen-bond acceptors (Lipinski definition) is 1. The Kier molecular flexibility index (Phi) is 12.2. The van der Waals surface area contributed by atoms with Gasteiger partial charge in [0.15, 0.2) is 0 Å². The molecule has 0 saturated heterocycles. The minimum atomic E-state index is -0.0862. The van der Waals surface area contributed by atoms with Crippen molar-refractivity contribution in [2.45, 2.75) is 39.5 Å². The zero-order valence-corrected chi connectivity index (χ0v) is 10.2. The molecule has 0 fully saturated rings. The average Bonchev–Trinajstić information content (AvgIpc) is 2.04. The van der Waals surface area contributed by atoms with Crippen molar-refractivity contribution in [1.29, 1.82) is 0 Å². The maximum absolute atomic E-state index is 10.9. The third-order valence-electron chi connectivity index (χ3n) is 1.83. The van der Waals surface area contributed by atoms with Gasteiger partial charge in [-0.25, -0.2) is 0 Å². The van der Waals surface area contributed by atoms with E-state index >= 15 is 0 Å². The molecular weight excluding hydrogens is 206 g/mol. The van der Waals surface area contributed by atoms with Crippen molar-refractivity contribution in [3.05, 3.63) is 0 Å². The quantitative estimate of drug-likeness (QED) is 0.688. The molecule has 0 atom stereocenters. The van der Waals surface area contributed by atoms with Gasteiger partial charge < -0.3 is 4.90 Å². The van der Waals surface area contributed by atoms with Crippen molar-refractivity contribution in [2.24, 2.45) is 0 Å². The lowest BCUT2D eigenvalue weighted by atomic mass is 10.3. The predicted molar refractivity (Wildman–Crippen MR) is 63.0 cm³/mol. The van der Waals surface area contributed by atoms with Gasteiger partial charge in [0, 0.05) is 13.1 Å². The zero-order chi connectivity index (χ0) is 9.40. The molecule has 0 aromatic carbocycles. The summed E-state index contributed by atoms with van der Waals surface area (Å²) in [5.41, 5.74) is 0. The topological polar surface area (TPSA) is 20.3 Å². The van der Waals surface area contributed by atoms with E-state index in [0.717, 1.165) is 38.8 Å². The summed E-state index contributed by atoms with van der Waals surface area (Å²) in [6.45, 7) is 5.97. The van der Waals surface area contributed by atoms with E-state index in [-0.39, 0.29) is 17.6 Å². The fourth-order valence-electron chi connectivity index (χ4n) is 1.00. The maximum atomic E-state index is 10.9. The minimum Gasteiger partial charge on any atom is -0.334 e. The molecule has 0 aromatic heterocycles. The van der Waals surface area contributed by atoms with Gasteiger partial charge in [-0.1, -0.05) is 39.3 Å². The molecule has 0 N–H and O–H groups in total. The monoisotopic (exact) mass is 225 g/mol. The van der Waals surface area contributed by atoms with Crippen LogP contribution in [0.15, 0.2) is 0 Å². The van der Waals surface area contributed by atoms with Gasteiger partial charge in [-0.3, -0.25) is 4.79 Å². The summed E-state index contributed by atoms with van der Waals surface area (Å²) in [7, 11) is 0. The standard InChI is InChI=1S/C9H19NOS.ClH/c1-3-5-7-10(9(11)12)8-6-4-2;/h3-8H2,1-2H3,(H,11,12);1H. The van der Waals surface area contributed by atoms with Crippen LogP contribution in [-0.4, -0.2) is 23.2 Å². The molecule has 0 spiro atoms. The second-order valence-corrected chi connectivity index (χ2v) is 3.36. The first kappa shape index (κ1) is 15.6. The van der Waals surface area contributed by atoms with Gasteiger partial charge in [0.05, 0.1) is 0 Å². The number of thiol groups is 1. The highest BCUT2D eigenvalue weighted by Gasteiger charge is 2.06. The molecule has 4 heteroatoms. The van der Waals surface area contributed by atoms with Gasteiger partial charge in [0.25, 0.3) is 5.24 Å². The maximum Gasteiger partial charge on any atom is 0.278 e. The molecule has 0 bridgehead atoms. The largest absolute Gasteiger partial charge is 0.334 e. The second-order valence-electron chi connectivity index (χ2n) is 2.98. The smallest absolute Gasteiger partial charge is 0.278 e. The van der Waals surface area contributed by atoms with E-state index in [4.69, 9.17) is 0 Å². The third kappa shape index (κ3) is 8.44. The van der Waals surface area contributed by atoms with Crippen LogP contribution < -0.4 is 0 Å². The highest BCUT2D eigenvalue weighted by molar-refractivity contribution is 7.96. The number of carbonyl (C=O) groups excluding carboxylic acids is 1. The van der Waals surface area contributed by atoms with Crippen molar-refractivity contribution in [1.82, 2.24) is 4.90 Å². The summed E-state index contributed by atoms with van der Waals surface area (Å²) in [6, 6.07) is 0. The van der Waals surface area contributed by atoms with Gasteiger partial charge >= 0.3 is 0 Å². The summed E-state index contributed by atoms with van der Waals surface area (Å²) < 4.78 is 0. The Labute approximate surface area is 92.9 Å². The molecule has 0 rings (SSSR count). The number of rotatable bonds is 6. The van der Waals surface area contributed by atoms with Crippen LogP contribution in [0, 0.1) is 0 Å². The predicted octanol–water partition coefficient (Wildman–Crippen LogP) is 3.36. The summed E-state index contributed by atoms with van der Waals surface area (Å²) in [6.07, 6.45) is 4.42. The van der Waals surface area contributed by atoms with Crippen molar-refractivity contribution in [2.75, 3.05) is 13.1 Å². The molecule has 80 valence electrons. The summed E-state index contributed by atoms with van der Waals surface area (Å²) in [5.74, 6) is 0. The molecule has 1 amide bonds. The fraction of sp³-hybridized carbons (Fsp3) is 0.889. The Morgan fingerprint density at radius 2 is 1.54 bits per heavy atom. The number of amides is 1. The zero-order valence-electron chi connectivity index (χ0n) is 8.45. The highest BCUT2D eigenvalue weighted by atomic mass is 35.5. The Morgan fingerprint density at radius 3 is 1.77 bits per heavy atom. The normalized spacial score (nSPS) is 9.15. The Hall–Kier alpha value is 0.110. The van der Waals surface area contributed by atoms with Crippen LogP contribution in [-0.2, 0) is 0 Å². The first-order valence-corrected chi connectivity index (χ1v) is 5.15. The van der Waals surface area contributed by atoms with Crippen molar-refractivity contribution in [3.63, 3.8) is 0 Å². The molecule has 0 saturated carbocycles. The SMILES string of the molecule is CCCCN(CCCC)C(=O)S.Cl. The number of carbonyl (C=O) groups is 1. The number of hydrogen-bond donors (Lipinski definition) is 1. The second kappa shape index (κ2) is 10.2. The van der Waals surface area contributed by atoms with Gasteiger partial charge in [-0.15, -0.1) is 12.4 Å². The van der Waals surface area contributed by atoms with Gasteiger partial charge in [-0.2, -0.15) is 0 Å². The first-order chi connectivity index (χ1) is 5.72. The lowest BCUT2D eigenvalue weighted by molar-refractivity contribution is 0.221. The van der Waals surface area contributed by atoms with Crippen LogP contribution >= 0.6 is 25.0 Å². The van der Waals surface area contributed by atoms with Crippen LogP contribution in [0.5, 0.6) is 0 Å². The van der Waals surface area contributed by atoms with Gasteiger partial charge in [-0.05, 0) is 12.8 Å². The van der Waals surface area contributed by atoms with E-state index in [1.165, 1.54) is 0 Å². The van der Waals surface area contributed by atoms with E-state index in [0.29, 0.717) is 0 Å². The third-order valence-corrected chi connectivity index (χ3v) is 2.12. The van der Waals surface area contributed by atoms with Crippen LogP contribution in [0.1, 0.15) is 39.5 Å². The van der Waals surface area contributed by atoms with Crippen molar-refractivity contribution < 1.29 is 4.79 Å². The Balaban J connectivity index is 0. The van der Waals surface area contributed by atoms with E-state index in [9.17, 15) is 4.79 Å². The van der Waals surface area contributed by atoms with E-state index < -0.39 is 0 Å². The van der Waals surface area contributed by atoms with Crippen molar-refractivity contribution in [3.8, 4) is 0 Å². The summed E-state index contributed by atoms with van der Waals surface area (Å²) >= 11 is 3.83. The Bertz CT molecular complexity index is 125. The fourth-order valence-corrected chi connectivity index (χ4v) is 1.20. The molecule has 0 radical (unpaired) electrons. The molecule has 0 unspecified atom stereocenters. The lowest BCUT2D eigenvalue weighted by Crippen LogP contribution is -2.28. The first-order valence-electron chi connectivity index (χ1n) is 4.70. The van der Waals surface area contributed by atoms with Gasteiger partial charge in [0.2, 0.25) is 0 Å². The van der Waals surface area contributed by atoms with Crippen LogP contribution in [0.2, 0.25) is 0 Å². The van der Waals surface area contributed by atoms with Crippen molar-refractivity contribution >= 4 is 30.3 Å². The molecule has 0 aliphatic carbocycles. The molecule has 0 aliphatic heterocycles. The number of unbranched alkanes of at least 4 members (excludes halogenated alkanes) is 2. The molecule has 0 aromatic rings. The molecule has 0 heterocycles. The molecule has 2 nitrogen and oxygen atoms in total. The molecular formula is C9H20ClNOS. The summed E-state index contributed by atoms with van der Waals surface area (Å²) in [4.78, 5) is 12.8.